The molecule has 0 aliphatic rings. The second-order valence-electron chi connectivity index (χ2n) is 2.49. The lowest BCUT2D eigenvalue weighted by atomic mass is 10.3. The molecule has 0 unspecified atom stereocenters. The SMILES string of the molecule is Cc1cccn2cc(Cl)nc12. The second kappa shape index (κ2) is 2.24. The Morgan fingerprint density at radius 3 is 3.09 bits per heavy atom. The molecular weight excluding hydrogens is 160 g/mol. The number of imidazole rings is 1. The zero-order chi connectivity index (χ0) is 7.84. The van der Waals surface area contributed by atoms with E-state index in [9.17, 15) is 0 Å². The Labute approximate surface area is 69.4 Å². The van der Waals surface area contributed by atoms with Crippen molar-refractivity contribution >= 4 is 17.2 Å². The second-order valence-corrected chi connectivity index (χ2v) is 2.87. The van der Waals surface area contributed by atoms with E-state index < -0.39 is 0 Å². The van der Waals surface area contributed by atoms with Gasteiger partial charge in [-0.3, -0.25) is 0 Å². The van der Waals surface area contributed by atoms with E-state index in [4.69, 9.17) is 11.6 Å². The van der Waals surface area contributed by atoms with Crippen molar-refractivity contribution in [3.8, 4) is 0 Å². The molecule has 0 bridgehead atoms. The van der Waals surface area contributed by atoms with Crippen molar-refractivity contribution in [1.82, 2.24) is 9.38 Å². The van der Waals surface area contributed by atoms with Gasteiger partial charge in [-0.05, 0) is 18.6 Å². The Morgan fingerprint density at radius 1 is 1.55 bits per heavy atom. The molecule has 0 aromatic carbocycles. The van der Waals surface area contributed by atoms with Gasteiger partial charge >= 0.3 is 0 Å². The summed E-state index contributed by atoms with van der Waals surface area (Å²) in [5.74, 6) is 0. The minimum absolute atomic E-state index is 0.541. The van der Waals surface area contributed by atoms with Crippen LogP contribution in [0.25, 0.3) is 5.65 Å². The quantitative estimate of drug-likeness (QED) is 0.587. The third kappa shape index (κ3) is 0.994. The Hall–Kier alpha value is -1.02. The van der Waals surface area contributed by atoms with Gasteiger partial charge in [0.2, 0.25) is 0 Å². The minimum atomic E-state index is 0.541. The van der Waals surface area contributed by atoms with Crippen molar-refractivity contribution < 1.29 is 0 Å². The molecule has 0 fully saturated rings. The largest absolute Gasteiger partial charge is 0.305 e. The maximum absolute atomic E-state index is 5.72. The van der Waals surface area contributed by atoms with Gasteiger partial charge in [-0.1, -0.05) is 17.7 Å². The third-order valence-electron chi connectivity index (χ3n) is 1.65. The van der Waals surface area contributed by atoms with Gasteiger partial charge in [-0.15, -0.1) is 0 Å². The van der Waals surface area contributed by atoms with Gasteiger partial charge in [-0.25, -0.2) is 4.98 Å². The first-order chi connectivity index (χ1) is 5.27. The number of pyridine rings is 1. The van der Waals surface area contributed by atoms with Crippen molar-refractivity contribution in [2.75, 3.05) is 0 Å². The van der Waals surface area contributed by atoms with Gasteiger partial charge in [0.1, 0.15) is 10.8 Å². The molecule has 56 valence electrons. The lowest BCUT2D eigenvalue weighted by molar-refractivity contribution is 1.16. The highest BCUT2D eigenvalue weighted by atomic mass is 35.5. The molecule has 0 radical (unpaired) electrons. The van der Waals surface area contributed by atoms with E-state index in [-0.39, 0.29) is 0 Å². The standard InChI is InChI=1S/C8H7ClN2/c1-6-3-2-4-11-5-7(9)10-8(6)11/h2-5H,1H3. The van der Waals surface area contributed by atoms with Crippen LogP contribution in [0, 0.1) is 6.92 Å². The molecule has 2 aromatic rings. The van der Waals surface area contributed by atoms with E-state index >= 15 is 0 Å². The Kier molecular flexibility index (Phi) is 1.36. The smallest absolute Gasteiger partial charge is 0.148 e. The van der Waals surface area contributed by atoms with Gasteiger partial charge in [0, 0.05) is 12.4 Å². The van der Waals surface area contributed by atoms with Gasteiger partial charge in [0.25, 0.3) is 0 Å². The summed E-state index contributed by atoms with van der Waals surface area (Å²) in [5.41, 5.74) is 2.07. The molecule has 0 aliphatic heterocycles. The maximum Gasteiger partial charge on any atom is 0.148 e. The number of nitrogens with zero attached hydrogens (tertiary/aromatic N) is 2. The molecular formula is C8H7ClN2. The molecule has 0 aliphatic carbocycles. The van der Waals surface area contributed by atoms with E-state index in [1.54, 1.807) is 6.20 Å². The highest BCUT2D eigenvalue weighted by Gasteiger charge is 1.99. The third-order valence-corrected chi connectivity index (χ3v) is 1.83. The zero-order valence-corrected chi connectivity index (χ0v) is 6.84. The maximum atomic E-state index is 5.72. The molecule has 0 amide bonds. The average Bonchev–Trinajstić information content (AvgIpc) is 2.31. The first-order valence-corrected chi connectivity index (χ1v) is 3.75. The summed E-state index contributed by atoms with van der Waals surface area (Å²) in [6.07, 6.45) is 3.73. The first kappa shape index (κ1) is 6.68. The number of aromatic nitrogens is 2. The number of rotatable bonds is 0. The van der Waals surface area contributed by atoms with Crippen LogP contribution in [0.3, 0.4) is 0 Å². The summed E-state index contributed by atoms with van der Waals surface area (Å²) in [6.45, 7) is 2.01. The molecule has 11 heavy (non-hydrogen) atoms. The monoisotopic (exact) mass is 166 g/mol. The summed E-state index contributed by atoms with van der Waals surface area (Å²) >= 11 is 5.72. The fourth-order valence-corrected chi connectivity index (χ4v) is 1.31. The van der Waals surface area contributed by atoms with Gasteiger partial charge in [0.15, 0.2) is 0 Å². The molecule has 2 aromatic heterocycles. The van der Waals surface area contributed by atoms with E-state index in [1.165, 1.54) is 0 Å². The summed E-state index contributed by atoms with van der Waals surface area (Å²) < 4.78 is 1.91. The Balaban J connectivity index is 2.90. The van der Waals surface area contributed by atoms with Crippen LogP contribution >= 0.6 is 11.6 Å². The molecule has 0 N–H and O–H groups in total. The van der Waals surface area contributed by atoms with Crippen LogP contribution in [0.1, 0.15) is 5.56 Å². The topological polar surface area (TPSA) is 17.3 Å². The highest BCUT2D eigenvalue weighted by molar-refractivity contribution is 6.29. The van der Waals surface area contributed by atoms with Crippen LogP contribution in [0.15, 0.2) is 24.5 Å². The number of hydrogen-bond donors (Lipinski definition) is 0. The Bertz CT molecular complexity index is 392. The molecule has 0 atom stereocenters. The number of hydrogen-bond acceptors (Lipinski definition) is 1. The van der Waals surface area contributed by atoms with Crippen LogP contribution < -0.4 is 0 Å². The van der Waals surface area contributed by atoms with Crippen molar-refractivity contribution in [3.63, 3.8) is 0 Å². The van der Waals surface area contributed by atoms with E-state index in [1.807, 2.05) is 29.7 Å². The van der Waals surface area contributed by atoms with Crippen LogP contribution in [0.2, 0.25) is 5.15 Å². The first-order valence-electron chi connectivity index (χ1n) is 3.37. The molecule has 0 saturated carbocycles. The molecule has 0 saturated heterocycles. The molecule has 2 heterocycles. The van der Waals surface area contributed by atoms with E-state index in [0.717, 1.165) is 11.2 Å². The van der Waals surface area contributed by atoms with Crippen molar-refractivity contribution in [2.24, 2.45) is 0 Å². The van der Waals surface area contributed by atoms with Crippen molar-refractivity contribution in [2.45, 2.75) is 6.92 Å². The summed E-state index contributed by atoms with van der Waals surface area (Å²) in [6, 6.07) is 3.99. The fourth-order valence-electron chi connectivity index (χ4n) is 1.12. The lowest BCUT2D eigenvalue weighted by Crippen LogP contribution is -1.83. The number of halogens is 1. The van der Waals surface area contributed by atoms with Crippen LogP contribution in [0.5, 0.6) is 0 Å². The summed E-state index contributed by atoms with van der Waals surface area (Å²) in [5, 5.41) is 0.541. The molecule has 2 nitrogen and oxygen atoms in total. The fraction of sp³-hybridized carbons (Fsp3) is 0.125. The summed E-state index contributed by atoms with van der Waals surface area (Å²) in [4.78, 5) is 4.14. The number of aryl methyl sites for hydroxylation is 1. The Morgan fingerprint density at radius 2 is 2.36 bits per heavy atom. The predicted octanol–water partition coefficient (Wildman–Crippen LogP) is 2.30. The molecule has 0 spiro atoms. The average molecular weight is 167 g/mol. The van der Waals surface area contributed by atoms with E-state index in [2.05, 4.69) is 4.98 Å². The van der Waals surface area contributed by atoms with Crippen LogP contribution in [-0.4, -0.2) is 9.38 Å². The summed E-state index contributed by atoms with van der Waals surface area (Å²) in [7, 11) is 0. The molecule has 2 rings (SSSR count). The van der Waals surface area contributed by atoms with Gasteiger partial charge < -0.3 is 4.40 Å². The van der Waals surface area contributed by atoms with Crippen LogP contribution in [0.4, 0.5) is 0 Å². The lowest BCUT2D eigenvalue weighted by Gasteiger charge is -1.93. The zero-order valence-electron chi connectivity index (χ0n) is 6.08. The normalized spacial score (nSPS) is 10.7. The van der Waals surface area contributed by atoms with Gasteiger partial charge in [-0.2, -0.15) is 0 Å². The van der Waals surface area contributed by atoms with Gasteiger partial charge in [0.05, 0.1) is 0 Å². The minimum Gasteiger partial charge on any atom is -0.305 e. The van der Waals surface area contributed by atoms with E-state index in [0.29, 0.717) is 5.15 Å². The number of fused-ring (bicyclic) bond motifs is 1. The highest BCUT2D eigenvalue weighted by Crippen LogP contribution is 2.12. The molecule has 3 heteroatoms. The van der Waals surface area contributed by atoms with Crippen molar-refractivity contribution in [1.29, 1.82) is 0 Å². The predicted molar refractivity (Wildman–Crippen MR) is 44.9 cm³/mol. The van der Waals surface area contributed by atoms with Crippen molar-refractivity contribution in [3.05, 3.63) is 35.2 Å². The van der Waals surface area contributed by atoms with Crippen LogP contribution in [-0.2, 0) is 0 Å².